The van der Waals surface area contributed by atoms with E-state index in [-0.39, 0.29) is 5.75 Å². The summed E-state index contributed by atoms with van der Waals surface area (Å²) in [4.78, 5) is 0. The van der Waals surface area contributed by atoms with Gasteiger partial charge in [-0.2, -0.15) is 0 Å². The Balaban J connectivity index is 2.77. The van der Waals surface area contributed by atoms with Crippen molar-refractivity contribution in [1.82, 2.24) is 5.32 Å². The lowest BCUT2D eigenvalue weighted by Gasteiger charge is -2.29. The highest BCUT2D eigenvalue weighted by Gasteiger charge is 2.23. The molecular formula is C14H23NO3. The Morgan fingerprint density at radius 1 is 1.39 bits per heavy atom. The molecular weight excluding hydrogens is 230 g/mol. The zero-order chi connectivity index (χ0) is 13.8. The van der Waals surface area contributed by atoms with Crippen LogP contribution in [0.15, 0.2) is 18.2 Å². The summed E-state index contributed by atoms with van der Waals surface area (Å²) in [7, 11) is 0. The van der Waals surface area contributed by atoms with Crippen LogP contribution in [0.25, 0.3) is 0 Å². The van der Waals surface area contributed by atoms with Crippen LogP contribution in [-0.2, 0) is 6.54 Å². The zero-order valence-corrected chi connectivity index (χ0v) is 11.5. The Morgan fingerprint density at radius 2 is 2.06 bits per heavy atom. The highest BCUT2D eigenvalue weighted by Crippen LogP contribution is 2.30. The highest BCUT2D eigenvalue weighted by molar-refractivity contribution is 5.45. The van der Waals surface area contributed by atoms with Gasteiger partial charge in [-0.15, -0.1) is 0 Å². The van der Waals surface area contributed by atoms with E-state index in [1.54, 1.807) is 13.0 Å². The molecule has 0 aliphatic heterocycles. The molecule has 0 radical (unpaired) electrons. The van der Waals surface area contributed by atoms with E-state index in [1.807, 2.05) is 32.9 Å². The molecule has 1 aromatic carbocycles. The van der Waals surface area contributed by atoms with Crippen LogP contribution in [0, 0.1) is 0 Å². The van der Waals surface area contributed by atoms with Crippen LogP contribution in [-0.4, -0.2) is 28.5 Å². The van der Waals surface area contributed by atoms with Crippen LogP contribution in [0.1, 0.15) is 33.3 Å². The number of nitrogens with one attached hydrogen (secondary N) is 1. The summed E-state index contributed by atoms with van der Waals surface area (Å²) in [5.41, 5.74) is 0.350. The molecule has 4 nitrogen and oxygen atoms in total. The minimum Gasteiger partial charge on any atom is -0.504 e. The Hall–Kier alpha value is -1.26. The first-order chi connectivity index (χ1) is 8.38. The zero-order valence-electron chi connectivity index (χ0n) is 11.5. The maximum Gasteiger partial charge on any atom is 0.162 e. The summed E-state index contributed by atoms with van der Waals surface area (Å²) in [5, 5.41) is 22.9. The van der Waals surface area contributed by atoms with Crippen molar-refractivity contribution in [3.63, 3.8) is 0 Å². The predicted molar refractivity (Wildman–Crippen MR) is 71.9 cm³/mol. The normalized spacial score (nSPS) is 13.4. The fourth-order valence-corrected chi connectivity index (χ4v) is 1.45. The fourth-order valence-electron chi connectivity index (χ4n) is 1.45. The average Bonchev–Trinajstić information content (AvgIpc) is 2.30. The second kappa shape index (κ2) is 6.07. The van der Waals surface area contributed by atoms with E-state index in [9.17, 15) is 10.2 Å². The standard InChI is InChI=1S/C14H23NO3/c1-5-18-12-8-6-7-11(13(12)17)9-15-14(3,4)10(2)16/h6-8,10,15-17H,5,9H2,1-4H3. The van der Waals surface area contributed by atoms with Crippen LogP contribution >= 0.6 is 0 Å². The van der Waals surface area contributed by atoms with Gasteiger partial charge in [0.05, 0.1) is 12.7 Å². The number of phenolic OH excluding ortho intramolecular Hbond substituents is 1. The molecule has 1 atom stereocenters. The van der Waals surface area contributed by atoms with Crippen LogP contribution in [0.3, 0.4) is 0 Å². The Labute approximate surface area is 109 Å². The van der Waals surface area contributed by atoms with Gasteiger partial charge in [-0.1, -0.05) is 12.1 Å². The summed E-state index contributed by atoms with van der Waals surface area (Å²) < 4.78 is 5.33. The largest absolute Gasteiger partial charge is 0.504 e. The number of aromatic hydroxyl groups is 1. The van der Waals surface area contributed by atoms with E-state index in [2.05, 4.69) is 5.32 Å². The van der Waals surface area contributed by atoms with Crippen molar-refractivity contribution < 1.29 is 14.9 Å². The van der Waals surface area contributed by atoms with Gasteiger partial charge < -0.3 is 20.3 Å². The summed E-state index contributed by atoms with van der Waals surface area (Å²) in [6.45, 7) is 8.45. The van der Waals surface area contributed by atoms with E-state index >= 15 is 0 Å². The molecule has 0 aliphatic rings. The van der Waals surface area contributed by atoms with Gasteiger partial charge in [0.15, 0.2) is 11.5 Å². The van der Waals surface area contributed by atoms with E-state index in [0.717, 1.165) is 5.56 Å². The monoisotopic (exact) mass is 253 g/mol. The molecule has 0 saturated heterocycles. The number of benzene rings is 1. The Morgan fingerprint density at radius 3 is 2.61 bits per heavy atom. The first-order valence-electron chi connectivity index (χ1n) is 6.25. The van der Waals surface area contributed by atoms with Crippen LogP contribution in [0.4, 0.5) is 0 Å². The highest BCUT2D eigenvalue weighted by atomic mass is 16.5. The molecule has 0 bridgehead atoms. The molecule has 1 rings (SSSR count). The number of phenols is 1. The molecule has 18 heavy (non-hydrogen) atoms. The first-order valence-corrected chi connectivity index (χ1v) is 6.25. The summed E-state index contributed by atoms with van der Waals surface area (Å²) in [5.74, 6) is 0.653. The van der Waals surface area contributed by atoms with Crippen molar-refractivity contribution in [1.29, 1.82) is 0 Å². The molecule has 1 unspecified atom stereocenters. The maximum atomic E-state index is 10.0. The van der Waals surface area contributed by atoms with E-state index in [0.29, 0.717) is 18.9 Å². The molecule has 0 aromatic heterocycles. The van der Waals surface area contributed by atoms with E-state index in [4.69, 9.17) is 4.74 Å². The molecule has 1 aromatic rings. The number of para-hydroxylation sites is 1. The average molecular weight is 253 g/mol. The smallest absolute Gasteiger partial charge is 0.162 e. The van der Waals surface area contributed by atoms with Gasteiger partial charge in [0, 0.05) is 17.6 Å². The minimum absolute atomic E-state index is 0.160. The molecule has 0 amide bonds. The third-order valence-corrected chi connectivity index (χ3v) is 3.16. The van der Waals surface area contributed by atoms with Crippen molar-refractivity contribution in [3.8, 4) is 11.5 Å². The second-order valence-corrected chi connectivity index (χ2v) is 4.95. The summed E-state index contributed by atoms with van der Waals surface area (Å²) in [6, 6.07) is 5.42. The number of aliphatic hydroxyl groups is 1. The number of rotatable bonds is 6. The van der Waals surface area contributed by atoms with E-state index < -0.39 is 11.6 Å². The molecule has 0 spiro atoms. The topological polar surface area (TPSA) is 61.7 Å². The number of hydrogen-bond donors (Lipinski definition) is 3. The van der Waals surface area contributed by atoms with Crippen molar-refractivity contribution in [2.45, 2.75) is 45.9 Å². The van der Waals surface area contributed by atoms with Gasteiger partial charge >= 0.3 is 0 Å². The molecule has 4 heteroatoms. The van der Waals surface area contributed by atoms with Gasteiger partial charge in [-0.05, 0) is 33.8 Å². The van der Waals surface area contributed by atoms with Crippen molar-refractivity contribution in [2.75, 3.05) is 6.61 Å². The van der Waals surface area contributed by atoms with Crippen LogP contribution in [0.2, 0.25) is 0 Å². The maximum absolute atomic E-state index is 10.0. The third-order valence-electron chi connectivity index (χ3n) is 3.16. The predicted octanol–water partition coefficient (Wildman–Crippen LogP) is 2.04. The second-order valence-electron chi connectivity index (χ2n) is 4.95. The lowest BCUT2D eigenvalue weighted by Crippen LogP contribution is -2.47. The van der Waals surface area contributed by atoms with E-state index in [1.165, 1.54) is 0 Å². The summed E-state index contributed by atoms with van der Waals surface area (Å²) >= 11 is 0. The summed E-state index contributed by atoms with van der Waals surface area (Å²) in [6.07, 6.45) is -0.477. The van der Waals surface area contributed by atoms with Gasteiger partial charge in [0.25, 0.3) is 0 Å². The number of aliphatic hydroxyl groups excluding tert-OH is 1. The Kier molecular flexibility index (Phi) is 4.99. The SMILES string of the molecule is CCOc1cccc(CNC(C)(C)C(C)O)c1O. The number of hydrogen-bond acceptors (Lipinski definition) is 4. The van der Waals surface area contributed by atoms with Crippen LogP contribution in [0.5, 0.6) is 11.5 Å². The molecule has 102 valence electrons. The molecule has 0 heterocycles. The molecule has 0 fully saturated rings. The van der Waals surface area contributed by atoms with Crippen LogP contribution < -0.4 is 10.1 Å². The molecule has 0 aliphatic carbocycles. The van der Waals surface area contributed by atoms with Crippen molar-refractivity contribution in [2.24, 2.45) is 0 Å². The molecule has 0 saturated carbocycles. The van der Waals surface area contributed by atoms with Gasteiger partial charge in [-0.3, -0.25) is 0 Å². The fraction of sp³-hybridized carbons (Fsp3) is 0.571. The lowest BCUT2D eigenvalue weighted by atomic mass is 9.98. The van der Waals surface area contributed by atoms with Gasteiger partial charge in [0.2, 0.25) is 0 Å². The first kappa shape index (κ1) is 14.8. The Bertz CT molecular complexity index is 389. The van der Waals surface area contributed by atoms with Crippen molar-refractivity contribution >= 4 is 0 Å². The number of ether oxygens (including phenoxy) is 1. The third kappa shape index (κ3) is 3.62. The van der Waals surface area contributed by atoms with Gasteiger partial charge in [-0.25, -0.2) is 0 Å². The minimum atomic E-state index is -0.477. The lowest BCUT2D eigenvalue weighted by molar-refractivity contribution is 0.0954. The van der Waals surface area contributed by atoms with Crippen molar-refractivity contribution in [3.05, 3.63) is 23.8 Å². The molecule has 3 N–H and O–H groups in total. The van der Waals surface area contributed by atoms with Gasteiger partial charge in [0.1, 0.15) is 0 Å². The quantitative estimate of drug-likeness (QED) is 0.726.